The number of Topliss-reactive ketones (excluding diaryl/α,β-unsaturated/α-hetero) is 2. The first kappa shape index (κ1) is 11.4. The first-order chi connectivity index (χ1) is 6.61. The van der Waals surface area contributed by atoms with Crippen LogP contribution < -0.4 is 0 Å². The molecule has 1 atom stereocenters. The Bertz CT molecular complexity index is 218. The molecule has 80 valence electrons. The van der Waals surface area contributed by atoms with Crippen molar-refractivity contribution < 1.29 is 9.59 Å². The molecule has 1 aliphatic rings. The van der Waals surface area contributed by atoms with Gasteiger partial charge >= 0.3 is 0 Å². The molecule has 1 saturated carbocycles. The highest BCUT2D eigenvalue weighted by Crippen LogP contribution is 2.23. The van der Waals surface area contributed by atoms with E-state index >= 15 is 0 Å². The van der Waals surface area contributed by atoms with Crippen molar-refractivity contribution in [2.45, 2.75) is 52.4 Å². The Balaban J connectivity index is 2.38. The predicted octanol–water partition coefficient (Wildman–Crippen LogP) is 2.75. The molecule has 0 amide bonds. The molecule has 0 spiro atoms. The summed E-state index contributed by atoms with van der Waals surface area (Å²) in [5, 5.41) is 0. The summed E-state index contributed by atoms with van der Waals surface area (Å²) in [5.41, 5.74) is 0. The monoisotopic (exact) mass is 196 g/mol. The lowest BCUT2D eigenvalue weighted by molar-refractivity contribution is -0.134. The molecule has 2 nitrogen and oxygen atoms in total. The maximum absolute atomic E-state index is 11.7. The summed E-state index contributed by atoms with van der Waals surface area (Å²) >= 11 is 0. The number of hydrogen-bond donors (Lipinski definition) is 0. The number of rotatable bonds is 4. The van der Waals surface area contributed by atoms with Crippen LogP contribution in [0.25, 0.3) is 0 Å². The lowest BCUT2D eigenvalue weighted by Gasteiger charge is -2.19. The van der Waals surface area contributed by atoms with Gasteiger partial charge in [0.25, 0.3) is 0 Å². The molecular formula is C12H20O2. The van der Waals surface area contributed by atoms with E-state index in [0.717, 1.165) is 25.7 Å². The first-order valence-corrected chi connectivity index (χ1v) is 5.66. The van der Waals surface area contributed by atoms with Crippen LogP contribution in [0, 0.1) is 11.8 Å². The van der Waals surface area contributed by atoms with Gasteiger partial charge in [0.1, 0.15) is 11.6 Å². The minimum absolute atomic E-state index is 0.184. The summed E-state index contributed by atoms with van der Waals surface area (Å²) in [6, 6.07) is 0. The van der Waals surface area contributed by atoms with E-state index in [1.807, 2.05) is 0 Å². The predicted molar refractivity (Wildman–Crippen MR) is 56.0 cm³/mol. The Hall–Kier alpha value is -0.660. The third kappa shape index (κ3) is 3.24. The van der Waals surface area contributed by atoms with Gasteiger partial charge in [0.05, 0.1) is 5.92 Å². The molecule has 0 aromatic carbocycles. The SMILES string of the molecule is CC(C)CCC(=O)C1CCCCC1=O. The third-order valence-corrected chi connectivity index (χ3v) is 2.91. The van der Waals surface area contributed by atoms with Gasteiger partial charge < -0.3 is 0 Å². The van der Waals surface area contributed by atoms with E-state index < -0.39 is 0 Å². The highest BCUT2D eigenvalue weighted by Gasteiger charge is 2.27. The lowest BCUT2D eigenvalue weighted by atomic mass is 9.83. The van der Waals surface area contributed by atoms with E-state index in [1.165, 1.54) is 0 Å². The average Bonchev–Trinajstić information content (AvgIpc) is 2.15. The van der Waals surface area contributed by atoms with E-state index in [-0.39, 0.29) is 17.5 Å². The lowest BCUT2D eigenvalue weighted by Crippen LogP contribution is -2.27. The molecule has 2 heteroatoms. The van der Waals surface area contributed by atoms with Gasteiger partial charge in [-0.15, -0.1) is 0 Å². The molecule has 1 fully saturated rings. The van der Waals surface area contributed by atoms with Crippen LogP contribution in [0.1, 0.15) is 52.4 Å². The second-order valence-corrected chi connectivity index (χ2v) is 4.66. The molecule has 0 N–H and O–H groups in total. The van der Waals surface area contributed by atoms with Gasteiger partial charge in [0, 0.05) is 12.8 Å². The Morgan fingerprint density at radius 1 is 1.43 bits per heavy atom. The van der Waals surface area contributed by atoms with Crippen molar-refractivity contribution in [3.05, 3.63) is 0 Å². The molecule has 0 aromatic heterocycles. The number of carbonyl (C=O) groups is 2. The van der Waals surface area contributed by atoms with Gasteiger partial charge in [0.15, 0.2) is 0 Å². The zero-order valence-electron chi connectivity index (χ0n) is 9.21. The van der Waals surface area contributed by atoms with Gasteiger partial charge in [-0.2, -0.15) is 0 Å². The van der Waals surface area contributed by atoms with E-state index in [4.69, 9.17) is 0 Å². The van der Waals surface area contributed by atoms with Crippen molar-refractivity contribution in [3.8, 4) is 0 Å². The standard InChI is InChI=1S/C12H20O2/c1-9(2)7-8-12(14)10-5-3-4-6-11(10)13/h9-10H,3-8H2,1-2H3. The summed E-state index contributed by atoms with van der Waals surface area (Å²) in [6.45, 7) is 4.21. The van der Waals surface area contributed by atoms with Crippen LogP contribution in [0.5, 0.6) is 0 Å². The molecule has 1 unspecified atom stereocenters. The topological polar surface area (TPSA) is 34.1 Å². The Kier molecular flexibility index (Phi) is 4.30. The van der Waals surface area contributed by atoms with Crippen LogP contribution in [-0.4, -0.2) is 11.6 Å². The van der Waals surface area contributed by atoms with E-state index in [2.05, 4.69) is 13.8 Å². The molecular weight excluding hydrogens is 176 g/mol. The first-order valence-electron chi connectivity index (χ1n) is 5.66. The van der Waals surface area contributed by atoms with E-state index in [1.54, 1.807) is 0 Å². The molecule has 0 aliphatic heterocycles. The normalized spacial score (nSPS) is 22.8. The van der Waals surface area contributed by atoms with Crippen LogP contribution in [0.2, 0.25) is 0 Å². The molecule has 1 rings (SSSR count). The van der Waals surface area contributed by atoms with Gasteiger partial charge in [0.2, 0.25) is 0 Å². The van der Waals surface area contributed by atoms with Crippen molar-refractivity contribution in [1.82, 2.24) is 0 Å². The molecule has 0 radical (unpaired) electrons. The van der Waals surface area contributed by atoms with Crippen LogP contribution in [0.4, 0.5) is 0 Å². The fourth-order valence-electron chi connectivity index (χ4n) is 1.93. The molecule has 0 aromatic rings. The fourth-order valence-corrected chi connectivity index (χ4v) is 1.93. The number of ketones is 2. The average molecular weight is 196 g/mol. The second-order valence-electron chi connectivity index (χ2n) is 4.66. The zero-order chi connectivity index (χ0) is 10.6. The summed E-state index contributed by atoms with van der Waals surface area (Å²) < 4.78 is 0. The minimum Gasteiger partial charge on any atom is -0.299 e. The molecule has 14 heavy (non-hydrogen) atoms. The van der Waals surface area contributed by atoms with Gasteiger partial charge in [-0.05, 0) is 25.2 Å². The van der Waals surface area contributed by atoms with Crippen LogP contribution >= 0.6 is 0 Å². The third-order valence-electron chi connectivity index (χ3n) is 2.91. The van der Waals surface area contributed by atoms with Crippen molar-refractivity contribution in [3.63, 3.8) is 0 Å². The van der Waals surface area contributed by atoms with Crippen LogP contribution in [0.15, 0.2) is 0 Å². The van der Waals surface area contributed by atoms with Gasteiger partial charge in [-0.25, -0.2) is 0 Å². The Morgan fingerprint density at radius 3 is 2.71 bits per heavy atom. The molecule has 0 heterocycles. The molecule has 0 bridgehead atoms. The summed E-state index contributed by atoms with van der Waals surface area (Å²) in [6.07, 6.45) is 4.96. The maximum Gasteiger partial charge on any atom is 0.143 e. The molecule has 0 saturated heterocycles. The number of hydrogen-bond acceptors (Lipinski definition) is 2. The second kappa shape index (κ2) is 5.28. The smallest absolute Gasteiger partial charge is 0.143 e. The van der Waals surface area contributed by atoms with Gasteiger partial charge in [-0.3, -0.25) is 9.59 Å². The quantitative estimate of drug-likeness (QED) is 0.648. The summed E-state index contributed by atoms with van der Waals surface area (Å²) in [5.74, 6) is 0.675. The molecule has 1 aliphatic carbocycles. The fraction of sp³-hybridized carbons (Fsp3) is 0.833. The number of carbonyl (C=O) groups excluding carboxylic acids is 2. The van der Waals surface area contributed by atoms with Crippen LogP contribution in [-0.2, 0) is 9.59 Å². The van der Waals surface area contributed by atoms with E-state index in [0.29, 0.717) is 18.8 Å². The Morgan fingerprint density at radius 2 is 2.14 bits per heavy atom. The summed E-state index contributed by atoms with van der Waals surface area (Å²) in [7, 11) is 0. The highest BCUT2D eigenvalue weighted by molar-refractivity contribution is 6.02. The largest absolute Gasteiger partial charge is 0.299 e. The zero-order valence-corrected chi connectivity index (χ0v) is 9.21. The van der Waals surface area contributed by atoms with E-state index in [9.17, 15) is 9.59 Å². The van der Waals surface area contributed by atoms with Crippen molar-refractivity contribution in [2.24, 2.45) is 11.8 Å². The summed E-state index contributed by atoms with van der Waals surface area (Å²) in [4.78, 5) is 23.2. The van der Waals surface area contributed by atoms with Crippen molar-refractivity contribution in [2.75, 3.05) is 0 Å². The minimum atomic E-state index is -0.248. The maximum atomic E-state index is 11.7. The van der Waals surface area contributed by atoms with Gasteiger partial charge in [-0.1, -0.05) is 20.3 Å². The highest BCUT2D eigenvalue weighted by atomic mass is 16.1. The Labute approximate surface area is 86.1 Å². The van der Waals surface area contributed by atoms with Crippen molar-refractivity contribution >= 4 is 11.6 Å². The van der Waals surface area contributed by atoms with Crippen LogP contribution in [0.3, 0.4) is 0 Å². The van der Waals surface area contributed by atoms with Crippen molar-refractivity contribution in [1.29, 1.82) is 0 Å².